The van der Waals surface area contributed by atoms with Gasteiger partial charge in [0.2, 0.25) is 0 Å². The molecule has 1 aromatic rings. The van der Waals surface area contributed by atoms with E-state index in [0.29, 0.717) is 6.54 Å². The minimum Gasteiger partial charge on any atom is -0.388 e. The number of para-hydroxylation sites is 1. The van der Waals surface area contributed by atoms with Gasteiger partial charge in [-0.15, -0.1) is 0 Å². The van der Waals surface area contributed by atoms with Crippen molar-refractivity contribution in [1.82, 2.24) is 0 Å². The third-order valence-electron chi connectivity index (χ3n) is 4.37. The van der Waals surface area contributed by atoms with Crippen molar-refractivity contribution in [2.45, 2.75) is 45.3 Å². The summed E-state index contributed by atoms with van der Waals surface area (Å²) in [6.07, 6.45) is 2.08. The van der Waals surface area contributed by atoms with Gasteiger partial charge in [0.25, 0.3) is 0 Å². The summed E-state index contributed by atoms with van der Waals surface area (Å²) in [5.41, 5.74) is 7.96. The first-order valence-electron chi connectivity index (χ1n) is 7.23. The van der Waals surface area contributed by atoms with Gasteiger partial charge in [-0.25, -0.2) is 0 Å². The Hall–Kier alpha value is -1.06. The molecule has 2 unspecified atom stereocenters. The van der Waals surface area contributed by atoms with E-state index in [2.05, 4.69) is 30.9 Å². The fourth-order valence-corrected chi connectivity index (χ4v) is 2.60. The summed E-state index contributed by atoms with van der Waals surface area (Å²) in [4.78, 5) is 2.29. The molecule has 0 aromatic heterocycles. The molecule has 0 saturated carbocycles. The van der Waals surface area contributed by atoms with Gasteiger partial charge in [0, 0.05) is 24.8 Å². The molecule has 1 heterocycles. The lowest BCUT2D eigenvalue weighted by atomic mass is 9.91. The molecule has 0 saturated heterocycles. The van der Waals surface area contributed by atoms with Gasteiger partial charge in [0.05, 0.1) is 5.60 Å². The van der Waals surface area contributed by atoms with E-state index in [1.165, 1.54) is 11.3 Å². The SMILES string of the molecule is CC(C)C(C)(O)CN1CCCC(N)c2ccccc21. The van der Waals surface area contributed by atoms with Crippen molar-refractivity contribution in [1.29, 1.82) is 0 Å². The monoisotopic (exact) mass is 262 g/mol. The van der Waals surface area contributed by atoms with E-state index in [4.69, 9.17) is 5.73 Å². The fourth-order valence-electron chi connectivity index (χ4n) is 2.60. The molecule has 1 aromatic carbocycles. The van der Waals surface area contributed by atoms with Crippen LogP contribution in [-0.4, -0.2) is 23.8 Å². The fraction of sp³-hybridized carbons (Fsp3) is 0.625. The van der Waals surface area contributed by atoms with Gasteiger partial charge in [0.1, 0.15) is 0 Å². The third-order valence-corrected chi connectivity index (χ3v) is 4.37. The van der Waals surface area contributed by atoms with Crippen LogP contribution < -0.4 is 10.6 Å². The molecular formula is C16H26N2O. The molecule has 1 aliphatic heterocycles. The average molecular weight is 262 g/mol. The number of hydrogen-bond donors (Lipinski definition) is 2. The van der Waals surface area contributed by atoms with Crippen LogP contribution in [0.4, 0.5) is 5.69 Å². The van der Waals surface area contributed by atoms with Crippen LogP contribution >= 0.6 is 0 Å². The van der Waals surface area contributed by atoms with Gasteiger partial charge in [-0.1, -0.05) is 32.0 Å². The molecule has 0 radical (unpaired) electrons. The Morgan fingerprint density at radius 3 is 2.79 bits per heavy atom. The Morgan fingerprint density at radius 1 is 1.42 bits per heavy atom. The van der Waals surface area contributed by atoms with Gasteiger partial charge in [-0.05, 0) is 37.3 Å². The summed E-state index contributed by atoms with van der Waals surface area (Å²) in [6, 6.07) is 8.45. The molecule has 2 atom stereocenters. The molecular weight excluding hydrogens is 236 g/mol. The van der Waals surface area contributed by atoms with Crippen molar-refractivity contribution < 1.29 is 5.11 Å². The maximum absolute atomic E-state index is 10.6. The lowest BCUT2D eigenvalue weighted by Gasteiger charge is -2.36. The zero-order chi connectivity index (χ0) is 14.0. The lowest BCUT2D eigenvalue weighted by molar-refractivity contribution is 0.0206. The number of nitrogens with two attached hydrogens (primary N) is 1. The highest BCUT2D eigenvalue weighted by molar-refractivity contribution is 5.56. The van der Waals surface area contributed by atoms with Gasteiger partial charge < -0.3 is 15.7 Å². The van der Waals surface area contributed by atoms with Crippen LogP contribution in [-0.2, 0) is 0 Å². The first-order chi connectivity index (χ1) is 8.92. The van der Waals surface area contributed by atoms with Gasteiger partial charge >= 0.3 is 0 Å². The number of anilines is 1. The van der Waals surface area contributed by atoms with Gasteiger partial charge in [-0.3, -0.25) is 0 Å². The molecule has 0 spiro atoms. The largest absolute Gasteiger partial charge is 0.388 e. The van der Waals surface area contributed by atoms with Crippen molar-refractivity contribution in [2.24, 2.45) is 11.7 Å². The van der Waals surface area contributed by atoms with E-state index in [1.54, 1.807) is 0 Å². The summed E-state index contributed by atoms with van der Waals surface area (Å²) >= 11 is 0. The Labute approximate surface area is 116 Å². The Morgan fingerprint density at radius 2 is 2.11 bits per heavy atom. The second kappa shape index (κ2) is 5.51. The number of rotatable bonds is 3. The summed E-state index contributed by atoms with van der Waals surface area (Å²) in [5.74, 6) is 0.233. The molecule has 0 bridgehead atoms. The minimum atomic E-state index is -0.679. The van der Waals surface area contributed by atoms with Crippen LogP contribution in [0, 0.1) is 5.92 Å². The second-order valence-corrected chi connectivity index (χ2v) is 6.24. The maximum Gasteiger partial charge on any atom is 0.0816 e. The highest BCUT2D eigenvalue weighted by atomic mass is 16.3. The van der Waals surface area contributed by atoms with Crippen molar-refractivity contribution in [2.75, 3.05) is 18.0 Å². The first kappa shape index (κ1) is 14.4. The molecule has 1 aliphatic rings. The lowest BCUT2D eigenvalue weighted by Crippen LogP contribution is -2.45. The van der Waals surface area contributed by atoms with E-state index in [-0.39, 0.29) is 12.0 Å². The molecule has 3 heteroatoms. The Kier molecular flexibility index (Phi) is 4.16. The molecule has 2 rings (SSSR count). The molecule has 3 nitrogen and oxygen atoms in total. The summed E-state index contributed by atoms with van der Waals surface area (Å²) < 4.78 is 0. The van der Waals surface area contributed by atoms with Gasteiger partial charge in [0.15, 0.2) is 0 Å². The standard InChI is InChI=1S/C16H26N2O/c1-12(2)16(3,19)11-18-10-6-8-14(17)13-7-4-5-9-15(13)18/h4-5,7,9,12,14,19H,6,8,10-11,17H2,1-3H3. The summed E-state index contributed by atoms with van der Waals surface area (Å²) in [7, 11) is 0. The quantitative estimate of drug-likeness (QED) is 0.880. The van der Waals surface area contributed by atoms with E-state index < -0.39 is 5.60 Å². The smallest absolute Gasteiger partial charge is 0.0816 e. The van der Waals surface area contributed by atoms with Crippen LogP contribution in [0.5, 0.6) is 0 Å². The number of benzene rings is 1. The topological polar surface area (TPSA) is 49.5 Å². The number of nitrogens with zero attached hydrogens (tertiary/aromatic N) is 1. The van der Waals surface area contributed by atoms with Crippen LogP contribution in [0.15, 0.2) is 24.3 Å². The van der Waals surface area contributed by atoms with E-state index >= 15 is 0 Å². The average Bonchev–Trinajstić information content (AvgIpc) is 2.50. The zero-order valence-corrected chi connectivity index (χ0v) is 12.3. The molecule has 106 valence electrons. The molecule has 0 aliphatic carbocycles. The Balaban J connectivity index is 2.29. The predicted molar refractivity (Wildman–Crippen MR) is 80.3 cm³/mol. The first-order valence-corrected chi connectivity index (χ1v) is 7.23. The highest BCUT2D eigenvalue weighted by Gasteiger charge is 2.30. The third kappa shape index (κ3) is 3.10. The van der Waals surface area contributed by atoms with Crippen LogP contribution in [0.25, 0.3) is 0 Å². The second-order valence-electron chi connectivity index (χ2n) is 6.24. The molecule has 0 amide bonds. The number of hydrogen-bond acceptors (Lipinski definition) is 3. The molecule has 3 N–H and O–H groups in total. The van der Waals surface area contributed by atoms with Crippen LogP contribution in [0.1, 0.15) is 45.2 Å². The van der Waals surface area contributed by atoms with Crippen molar-refractivity contribution in [3.05, 3.63) is 29.8 Å². The number of β-amino-alcohol motifs (C(OH)–C–C–N with tert-alkyl or cyclic N) is 1. The van der Waals surface area contributed by atoms with E-state index in [1.807, 2.05) is 19.1 Å². The Bertz CT molecular complexity index is 429. The van der Waals surface area contributed by atoms with Crippen molar-refractivity contribution >= 4 is 5.69 Å². The normalized spacial score (nSPS) is 22.8. The summed E-state index contributed by atoms with van der Waals surface area (Å²) in [6.45, 7) is 7.68. The molecule has 0 fully saturated rings. The summed E-state index contributed by atoms with van der Waals surface area (Å²) in [5, 5.41) is 10.6. The molecule has 19 heavy (non-hydrogen) atoms. The van der Waals surface area contributed by atoms with Crippen molar-refractivity contribution in [3.63, 3.8) is 0 Å². The number of aliphatic hydroxyl groups is 1. The van der Waals surface area contributed by atoms with E-state index in [0.717, 1.165) is 19.4 Å². The van der Waals surface area contributed by atoms with Crippen molar-refractivity contribution in [3.8, 4) is 0 Å². The maximum atomic E-state index is 10.6. The van der Waals surface area contributed by atoms with Gasteiger partial charge in [-0.2, -0.15) is 0 Å². The van der Waals surface area contributed by atoms with Crippen LogP contribution in [0.2, 0.25) is 0 Å². The zero-order valence-electron chi connectivity index (χ0n) is 12.3. The van der Waals surface area contributed by atoms with E-state index in [9.17, 15) is 5.11 Å². The van der Waals surface area contributed by atoms with Crippen LogP contribution in [0.3, 0.4) is 0 Å². The minimum absolute atomic E-state index is 0.116. The highest BCUT2D eigenvalue weighted by Crippen LogP contribution is 2.33. The number of fused-ring (bicyclic) bond motifs is 1. The predicted octanol–water partition coefficient (Wildman–Crippen LogP) is 2.69.